The summed E-state index contributed by atoms with van der Waals surface area (Å²) in [5.74, 6) is 0. The Morgan fingerprint density at radius 1 is 0.510 bits per heavy atom. The fourth-order valence-electron chi connectivity index (χ4n) is 7.85. The van der Waals surface area contributed by atoms with Crippen molar-refractivity contribution in [2.45, 2.75) is 71.6 Å². The first kappa shape index (κ1) is 31.2. The van der Waals surface area contributed by atoms with E-state index in [1.807, 2.05) is 0 Å². The van der Waals surface area contributed by atoms with E-state index >= 15 is 0 Å². The molecule has 1 aliphatic carbocycles. The van der Waals surface area contributed by atoms with Crippen molar-refractivity contribution in [3.05, 3.63) is 150 Å². The molecule has 0 spiro atoms. The van der Waals surface area contributed by atoms with Crippen molar-refractivity contribution >= 4 is 39.0 Å². The van der Waals surface area contributed by atoms with Crippen LogP contribution in [0, 0.1) is 0 Å². The van der Waals surface area contributed by atoms with Gasteiger partial charge in [0.25, 0.3) is 0 Å². The molecule has 244 valence electrons. The second-order valence-electron chi connectivity index (χ2n) is 16.3. The molecule has 7 aromatic rings. The fraction of sp³-hybridized carbons (Fsp3) is 0.234. The summed E-state index contributed by atoms with van der Waals surface area (Å²) in [4.78, 5) is 2.45. The molecule has 0 atom stereocenters. The molecule has 0 amide bonds. The van der Waals surface area contributed by atoms with Gasteiger partial charge in [0, 0.05) is 22.2 Å². The molecule has 6 aromatic carbocycles. The number of hydrogen-bond donors (Lipinski definition) is 0. The summed E-state index contributed by atoms with van der Waals surface area (Å²) in [5.41, 5.74) is 15.4. The summed E-state index contributed by atoms with van der Waals surface area (Å²) in [6.45, 7) is 18.5. The van der Waals surface area contributed by atoms with Crippen LogP contribution in [0.3, 0.4) is 0 Å². The number of nitrogens with zero attached hydrogens (tertiary/aromatic N) is 1. The van der Waals surface area contributed by atoms with Gasteiger partial charge in [0.2, 0.25) is 0 Å². The SMILES string of the molecule is CC(C)(C)c1cc(C(C)(C)C)c2c(c1)oc1cccc(N(c3cccc(-c4ccccc4)c3)c3ccc4c(c3)C(C)(C)c3ccccc3-4)c12. The quantitative estimate of drug-likeness (QED) is 0.191. The first-order chi connectivity index (χ1) is 23.3. The summed E-state index contributed by atoms with van der Waals surface area (Å²) in [6, 6.07) is 46.8. The van der Waals surface area contributed by atoms with E-state index in [-0.39, 0.29) is 16.2 Å². The third-order valence-electron chi connectivity index (χ3n) is 10.5. The van der Waals surface area contributed by atoms with Crippen LogP contribution in [0.2, 0.25) is 0 Å². The zero-order valence-electron chi connectivity index (χ0n) is 30.0. The zero-order valence-corrected chi connectivity index (χ0v) is 30.0. The lowest BCUT2D eigenvalue weighted by Crippen LogP contribution is -2.17. The largest absolute Gasteiger partial charge is 0.456 e. The van der Waals surface area contributed by atoms with Crippen LogP contribution in [0.4, 0.5) is 17.1 Å². The van der Waals surface area contributed by atoms with Crippen LogP contribution in [-0.2, 0) is 16.2 Å². The fourth-order valence-corrected chi connectivity index (χ4v) is 7.85. The lowest BCUT2D eigenvalue weighted by atomic mass is 9.78. The van der Waals surface area contributed by atoms with Crippen LogP contribution in [0.1, 0.15) is 77.6 Å². The van der Waals surface area contributed by atoms with Gasteiger partial charge >= 0.3 is 0 Å². The summed E-state index contributed by atoms with van der Waals surface area (Å²) < 4.78 is 6.80. The van der Waals surface area contributed by atoms with E-state index in [0.29, 0.717) is 0 Å². The highest BCUT2D eigenvalue weighted by atomic mass is 16.3. The molecule has 0 saturated carbocycles. The Bertz CT molecular complexity index is 2380. The predicted octanol–water partition coefficient (Wildman–Crippen LogP) is 13.6. The van der Waals surface area contributed by atoms with Crippen LogP contribution in [-0.4, -0.2) is 0 Å². The lowest BCUT2D eigenvalue weighted by molar-refractivity contribution is 0.569. The van der Waals surface area contributed by atoms with Crippen molar-refractivity contribution in [2.75, 3.05) is 4.90 Å². The normalized spacial score (nSPS) is 13.9. The van der Waals surface area contributed by atoms with Gasteiger partial charge in [0.1, 0.15) is 11.2 Å². The first-order valence-corrected chi connectivity index (χ1v) is 17.5. The van der Waals surface area contributed by atoms with E-state index in [0.717, 1.165) is 33.6 Å². The number of fused-ring (bicyclic) bond motifs is 6. The number of furan rings is 1. The van der Waals surface area contributed by atoms with Crippen LogP contribution in [0.5, 0.6) is 0 Å². The van der Waals surface area contributed by atoms with Crippen molar-refractivity contribution in [2.24, 2.45) is 0 Å². The van der Waals surface area contributed by atoms with E-state index in [2.05, 4.69) is 188 Å². The molecule has 0 saturated heterocycles. The number of hydrogen-bond acceptors (Lipinski definition) is 2. The minimum atomic E-state index is -0.114. The van der Waals surface area contributed by atoms with Gasteiger partial charge in [-0.05, 0) is 97.8 Å². The van der Waals surface area contributed by atoms with Crippen molar-refractivity contribution in [3.8, 4) is 22.3 Å². The molecule has 2 nitrogen and oxygen atoms in total. The van der Waals surface area contributed by atoms with Crippen molar-refractivity contribution in [1.82, 2.24) is 0 Å². The molecular formula is C47H45NO. The van der Waals surface area contributed by atoms with Crippen LogP contribution < -0.4 is 4.90 Å². The Kier molecular flexibility index (Phi) is 6.99. The van der Waals surface area contributed by atoms with Gasteiger partial charge in [-0.25, -0.2) is 0 Å². The molecule has 0 N–H and O–H groups in total. The van der Waals surface area contributed by atoms with Crippen molar-refractivity contribution in [3.63, 3.8) is 0 Å². The van der Waals surface area contributed by atoms with Crippen LogP contribution in [0.25, 0.3) is 44.2 Å². The topological polar surface area (TPSA) is 16.4 Å². The van der Waals surface area contributed by atoms with Gasteiger partial charge in [-0.2, -0.15) is 0 Å². The highest BCUT2D eigenvalue weighted by molar-refractivity contribution is 6.15. The molecule has 0 unspecified atom stereocenters. The maximum absolute atomic E-state index is 6.80. The molecule has 8 rings (SSSR count). The summed E-state index contributed by atoms with van der Waals surface area (Å²) in [5, 5.41) is 2.35. The van der Waals surface area contributed by atoms with E-state index < -0.39 is 0 Å². The molecule has 0 aliphatic heterocycles. The molecular weight excluding hydrogens is 595 g/mol. The third kappa shape index (κ3) is 5.08. The molecule has 2 heteroatoms. The van der Waals surface area contributed by atoms with E-state index in [1.54, 1.807) is 0 Å². The van der Waals surface area contributed by atoms with E-state index in [9.17, 15) is 0 Å². The highest BCUT2D eigenvalue weighted by Crippen LogP contribution is 2.52. The smallest absolute Gasteiger partial charge is 0.137 e. The molecule has 49 heavy (non-hydrogen) atoms. The van der Waals surface area contributed by atoms with Gasteiger partial charge in [-0.15, -0.1) is 0 Å². The van der Waals surface area contributed by atoms with Gasteiger partial charge in [0.15, 0.2) is 0 Å². The maximum Gasteiger partial charge on any atom is 0.137 e. The number of anilines is 3. The molecule has 0 fully saturated rings. The molecule has 0 radical (unpaired) electrons. The second kappa shape index (κ2) is 11.0. The van der Waals surface area contributed by atoms with Gasteiger partial charge in [0.05, 0.1) is 11.1 Å². The minimum Gasteiger partial charge on any atom is -0.456 e. The van der Waals surface area contributed by atoms with Crippen molar-refractivity contribution in [1.29, 1.82) is 0 Å². The molecule has 0 bridgehead atoms. The monoisotopic (exact) mass is 639 g/mol. The average Bonchev–Trinajstić information content (AvgIpc) is 3.57. The summed E-state index contributed by atoms with van der Waals surface area (Å²) >= 11 is 0. The van der Waals surface area contributed by atoms with Gasteiger partial charge in [-0.3, -0.25) is 0 Å². The van der Waals surface area contributed by atoms with Crippen LogP contribution in [0.15, 0.2) is 132 Å². The number of benzene rings is 6. The Hall–Kier alpha value is -5.08. The van der Waals surface area contributed by atoms with Crippen LogP contribution >= 0.6 is 0 Å². The average molecular weight is 640 g/mol. The zero-order chi connectivity index (χ0) is 34.3. The first-order valence-electron chi connectivity index (χ1n) is 17.5. The third-order valence-corrected chi connectivity index (χ3v) is 10.5. The Morgan fingerprint density at radius 3 is 1.94 bits per heavy atom. The number of rotatable bonds is 4. The Labute approximate surface area is 291 Å². The predicted molar refractivity (Wildman–Crippen MR) is 209 cm³/mol. The lowest BCUT2D eigenvalue weighted by Gasteiger charge is -2.29. The standard InChI is InChI=1S/C47H45NO/c1-45(2,3)32-27-39(46(4,5)6)43-42(28-32)49-41-23-15-22-40(44(41)43)48(33-19-14-18-31(26-33)30-16-10-9-11-17-30)34-24-25-36-35-20-12-13-21-37(35)47(7,8)38(36)29-34/h9-29H,1-8H3. The van der Waals surface area contributed by atoms with E-state index in [1.165, 1.54) is 49.9 Å². The minimum absolute atomic E-state index is 0.00525. The molecule has 1 aliphatic rings. The summed E-state index contributed by atoms with van der Waals surface area (Å²) in [6.07, 6.45) is 0. The van der Waals surface area contributed by atoms with Crippen molar-refractivity contribution < 1.29 is 4.42 Å². The van der Waals surface area contributed by atoms with E-state index in [4.69, 9.17) is 4.42 Å². The van der Waals surface area contributed by atoms with Gasteiger partial charge in [-0.1, -0.05) is 140 Å². The maximum atomic E-state index is 6.80. The second-order valence-corrected chi connectivity index (χ2v) is 16.3. The Morgan fingerprint density at radius 2 is 1.18 bits per heavy atom. The Balaban J connectivity index is 1.43. The summed E-state index contributed by atoms with van der Waals surface area (Å²) in [7, 11) is 0. The van der Waals surface area contributed by atoms with Gasteiger partial charge < -0.3 is 9.32 Å². The molecule has 1 aromatic heterocycles. The highest BCUT2D eigenvalue weighted by Gasteiger charge is 2.36. The molecule has 1 heterocycles.